The van der Waals surface area contributed by atoms with Crippen LogP contribution in [0.3, 0.4) is 0 Å². The highest BCUT2D eigenvalue weighted by atomic mass is 16.4. The predicted molar refractivity (Wildman–Crippen MR) is 89.0 cm³/mol. The Hall–Kier alpha value is -2.41. The second-order valence-corrected chi connectivity index (χ2v) is 6.46. The molecular formula is C18H23NO6. The van der Waals surface area contributed by atoms with Crippen molar-refractivity contribution in [1.82, 2.24) is 5.32 Å². The van der Waals surface area contributed by atoms with E-state index in [1.54, 1.807) is 0 Å². The SMILES string of the molecule is O=C(O)CC(O)C(NC(=O)C1(c2ccccc2)CCCCC1)C(=O)O. The van der Waals surface area contributed by atoms with Gasteiger partial charge in [0.1, 0.15) is 0 Å². The minimum atomic E-state index is -1.70. The van der Waals surface area contributed by atoms with E-state index < -0.39 is 41.8 Å². The van der Waals surface area contributed by atoms with Crippen molar-refractivity contribution in [3.05, 3.63) is 35.9 Å². The summed E-state index contributed by atoms with van der Waals surface area (Å²) < 4.78 is 0. The van der Waals surface area contributed by atoms with Crippen LogP contribution in [0.4, 0.5) is 0 Å². The van der Waals surface area contributed by atoms with Gasteiger partial charge in [-0.2, -0.15) is 0 Å². The van der Waals surface area contributed by atoms with Crippen LogP contribution < -0.4 is 5.32 Å². The Balaban J connectivity index is 2.27. The molecule has 2 rings (SSSR count). The number of amides is 1. The maximum Gasteiger partial charge on any atom is 0.328 e. The number of carbonyl (C=O) groups excluding carboxylic acids is 1. The van der Waals surface area contributed by atoms with Crippen LogP contribution in [0.5, 0.6) is 0 Å². The molecule has 1 aromatic rings. The van der Waals surface area contributed by atoms with Crippen LogP contribution >= 0.6 is 0 Å². The molecule has 1 amide bonds. The van der Waals surface area contributed by atoms with Crippen molar-refractivity contribution in [3.63, 3.8) is 0 Å². The molecule has 1 saturated carbocycles. The van der Waals surface area contributed by atoms with E-state index in [1.807, 2.05) is 30.3 Å². The molecule has 0 aliphatic heterocycles. The fourth-order valence-electron chi connectivity index (χ4n) is 3.46. The molecule has 4 N–H and O–H groups in total. The minimum Gasteiger partial charge on any atom is -0.481 e. The molecule has 1 aliphatic rings. The smallest absolute Gasteiger partial charge is 0.328 e. The Kier molecular flexibility index (Phi) is 6.14. The maximum absolute atomic E-state index is 13.0. The summed E-state index contributed by atoms with van der Waals surface area (Å²) in [5, 5.41) is 30.3. The van der Waals surface area contributed by atoms with Crippen molar-refractivity contribution >= 4 is 17.8 Å². The normalized spacial score (nSPS) is 18.8. The number of hydrogen-bond acceptors (Lipinski definition) is 4. The topological polar surface area (TPSA) is 124 Å². The molecule has 2 unspecified atom stereocenters. The van der Waals surface area contributed by atoms with E-state index in [2.05, 4.69) is 5.32 Å². The lowest BCUT2D eigenvalue weighted by atomic mass is 9.68. The van der Waals surface area contributed by atoms with Gasteiger partial charge in [-0.1, -0.05) is 49.6 Å². The van der Waals surface area contributed by atoms with Gasteiger partial charge in [-0.15, -0.1) is 0 Å². The summed E-state index contributed by atoms with van der Waals surface area (Å²) in [5.74, 6) is -3.26. The first-order valence-corrected chi connectivity index (χ1v) is 8.36. The number of rotatable bonds is 7. The molecule has 0 aromatic heterocycles. The zero-order valence-electron chi connectivity index (χ0n) is 13.9. The molecule has 7 nitrogen and oxygen atoms in total. The second-order valence-electron chi connectivity index (χ2n) is 6.46. The highest BCUT2D eigenvalue weighted by molar-refractivity contribution is 5.92. The van der Waals surface area contributed by atoms with Gasteiger partial charge in [-0.3, -0.25) is 9.59 Å². The molecule has 0 saturated heterocycles. The highest BCUT2D eigenvalue weighted by Crippen LogP contribution is 2.39. The first-order valence-electron chi connectivity index (χ1n) is 8.36. The quantitative estimate of drug-likeness (QED) is 0.588. The zero-order chi connectivity index (χ0) is 18.4. The third-order valence-corrected chi connectivity index (χ3v) is 4.79. The molecular weight excluding hydrogens is 326 g/mol. The summed E-state index contributed by atoms with van der Waals surface area (Å²) in [7, 11) is 0. The number of carbonyl (C=O) groups is 3. The van der Waals surface area contributed by atoms with Crippen molar-refractivity contribution in [3.8, 4) is 0 Å². The van der Waals surface area contributed by atoms with Gasteiger partial charge >= 0.3 is 11.9 Å². The molecule has 0 spiro atoms. The molecule has 1 aromatic carbocycles. The molecule has 1 aliphatic carbocycles. The van der Waals surface area contributed by atoms with Crippen LogP contribution in [0.15, 0.2) is 30.3 Å². The van der Waals surface area contributed by atoms with Gasteiger partial charge in [0.15, 0.2) is 6.04 Å². The second kappa shape index (κ2) is 8.11. The molecule has 136 valence electrons. The molecule has 25 heavy (non-hydrogen) atoms. The Morgan fingerprint density at radius 1 is 1.04 bits per heavy atom. The molecule has 2 atom stereocenters. The van der Waals surface area contributed by atoms with Crippen LogP contribution in [0.1, 0.15) is 44.1 Å². The molecule has 0 bridgehead atoms. The summed E-state index contributed by atoms with van der Waals surface area (Å²) in [6.45, 7) is 0. The largest absolute Gasteiger partial charge is 0.481 e. The average Bonchev–Trinajstić information content (AvgIpc) is 2.59. The number of aliphatic hydroxyl groups excluding tert-OH is 1. The zero-order valence-corrected chi connectivity index (χ0v) is 13.9. The Morgan fingerprint density at radius 3 is 2.16 bits per heavy atom. The van der Waals surface area contributed by atoms with E-state index in [1.165, 1.54) is 0 Å². The third-order valence-electron chi connectivity index (χ3n) is 4.79. The summed E-state index contributed by atoms with van der Waals surface area (Å²) >= 11 is 0. The Bertz CT molecular complexity index is 624. The lowest BCUT2D eigenvalue weighted by Gasteiger charge is -2.37. The van der Waals surface area contributed by atoms with Gasteiger partial charge < -0.3 is 20.6 Å². The maximum atomic E-state index is 13.0. The van der Waals surface area contributed by atoms with Gasteiger partial charge in [-0.25, -0.2) is 4.79 Å². The van der Waals surface area contributed by atoms with Gasteiger partial charge in [0.25, 0.3) is 0 Å². The fraction of sp³-hybridized carbons (Fsp3) is 0.500. The standard InChI is InChI=1S/C18H23NO6/c20-13(11-14(21)22)15(16(23)24)19-17(25)18(9-5-2-6-10-18)12-7-3-1-4-8-12/h1,3-4,7-8,13,15,20H,2,5-6,9-11H2,(H,19,25)(H,21,22)(H,23,24). The van der Waals surface area contributed by atoms with Gasteiger partial charge in [-0.05, 0) is 18.4 Å². The first kappa shape index (κ1) is 18.9. The Morgan fingerprint density at radius 2 is 1.64 bits per heavy atom. The van der Waals surface area contributed by atoms with Crippen molar-refractivity contribution in [2.45, 2.75) is 56.1 Å². The summed E-state index contributed by atoms with van der Waals surface area (Å²) in [6.07, 6.45) is 1.42. The third kappa shape index (κ3) is 4.36. The van der Waals surface area contributed by atoms with E-state index in [0.717, 1.165) is 24.8 Å². The summed E-state index contributed by atoms with van der Waals surface area (Å²) in [5.41, 5.74) is -0.0417. The molecule has 7 heteroatoms. The number of nitrogens with one attached hydrogen (secondary N) is 1. The van der Waals surface area contributed by atoms with Crippen LogP contribution in [0.25, 0.3) is 0 Å². The first-order chi connectivity index (χ1) is 11.9. The number of aliphatic hydroxyl groups is 1. The molecule has 1 fully saturated rings. The number of hydrogen-bond donors (Lipinski definition) is 4. The van der Waals surface area contributed by atoms with E-state index in [0.29, 0.717) is 12.8 Å². The van der Waals surface area contributed by atoms with E-state index in [9.17, 15) is 24.6 Å². The lowest BCUT2D eigenvalue weighted by Crippen LogP contribution is -2.55. The lowest BCUT2D eigenvalue weighted by molar-refractivity contribution is -0.149. The van der Waals surface area contributed by atoms with Gasteiger partial charge in [0.05, 0.1) is 17.9 Å². The van der Waals surface area contributed by atoms with Crippen molar-refractivity contribution in [2.24, 2.45) is 0 Å². The van der Waals surface area contributed by atoms with Crippen molar-refractivity contribution in [2.75, 3.05) is 0 Å². The van der Waals surface area contributed by atoms with Crippen LogP contribution in [0.2, 0.25) is 0 Å². The Labute approximate surface area is 145 Å². The van der Waals surface area contributed by atoms with Gasteiger partial charge in [0.2, 0.25) is 5.91 Å². The van der Waals surface area contributed by atoms with Crippen LogP contribution in [0, 0.1) is 0 Å². The van der Waals surface area contributed by atoms with E-state index >= 15 is 0 Å². The highest BCUT2D eigenvalue weighted by Gasteiger charge is 2.43. The van der Waals surface area contributed by atoms with Crippen LogP contribution in [-0.4, -0.2) is 45.3 Å². The number of carboxylic acids is 2. The minimum absolute atomic E-state index is 0.477. The number of benzene rings is 1. The predicted octanol–water partition coefficient (Wildman–Crippen LogP) is 1.29. The summed E-state index contributed by atoms with van der Waals surface area (Å²) in [6, 6.07) is 7.52. The monoisotopic (exact) mass is 349 g/mol. The van der Waals surface area contributed by atoms with Crippen molar-refractivity contribution in [1.29, 1.82) is 0 Å². The van der Waals surface area contributed by atoms with E-state index in [4.69, 9.17) is 5.11 Å². The molecule has 0 radical (unpaired) electrons. The fourth-order valence-corrected chi connectivity index (χ4v) is 3.46. The number of carboxylic acid groups (broad SMARTS) is 2. The average molecular weight is 349 g/mol. The van der Waals surface area contributed by atoms with Gasteiger partial charge in [0, 0.05) is 0 Å². The number of aliphatic carboxylic acids is 2. The summed E-state index contributed by atoms with van der Waals surface area (Å²) in [4.78, 5) is 35.1. The van der Waals surface area contributed by atoms with Crippen LogP contribution in [-0.2, 0) is 19.8 Å². The van der Waals surface area contributed by atoms with Crippen molar-refractivity contribution < 1.29 is 29.7 Å². The molecule has 0 heterocycles. The van der Waals surface area contributed by atoms with E-state index in [-0.39, 0.29) is 0 Å².